The number of furan rings is 1. The molecule has 0 aliphatic heterocycles. The van der Waals surface area contributed by atoms with E-state index in [9.17, 15) is 8.42 Å². The molecule has 1 saturated carbocycles. The zero-order chi connectivity index (χ0) is 13.2. The van der Waals surface area contributed by atoms with Gasteiger partial charge in [0.25, 0.3) is 0 Å². The van der Waals surface area contributed by atoms with E-state index in [-0.39, 0.29) is 17.3 Å². The van der Waals surface area contributed by atoms with E-state index in [2.05, 4.69) is 5.32 Å². The van der Waals surface area contributed by atoms with Crippen molar-refractivity contribution in [1.29, 1.82) is 0 Å². The van der Waals surface area contributed by atoms with E-state index in [4.69, 9.17) is 4.42 Å². The van der Waals surface area contributed by atoms with Crippen LogP contribution in [0, 0.1) is 0 Å². The zero-order valence-corrected chi connectivity index (χ0v) is 11.7. The molecule has 0 bridgehead atoms. The van der Waals surface area contributed by atoms with E-state index in [1.807, 2.05) is 19.1 Å². The summed E-state index contributed by atoms with van der Waals surface area (Å²) in [4.78, 5) is 0. The van der Waals surface area contributed by atoms with Crippen molar-refractivity contribution in [3.05, 3.63) is 24.2 Å². The van der Waals surface area contributed by atoms with Gasteiger partial charge in [-0.2, -0.15) is 0 Å². The summed E-state index contributed by atoms with van der Waals surface area (Å²) < 4.78 is 28.6. The van der Waals surface area contributed by atoms with Crippen molar-refractivity contribution in [2.45, 2.75) is 49.9 Å². The smallest absolute Gasteiger partial charge is 0.150 e. The van der Waals surface area contributed by atoms with Gasteiger partial charge in [0.05, 0.1) is 17.6 Å². The Labute approximate surface area is 109 Å². The van der Waals surface area contributed by atoms with Gasteiger partial charge in [0, 0.05) is 12.3 Å². The van der Waals surface area contributed by atoms with Crippen LogP contribution in [0.5, 0.6) is 0 Å². The van der Waals surface area contributed by atoms with Crippen LogP contribution in [-0.2, 0) is 9.84 Å². The Kier molecular flexibility index (Phi) is 4.12. The van der Waals surface area contributed by atoms with Crippen molar-refractivity contribution in [3.8, 4) is 0 Å². The topological polar surface area (TPSA) is 59.3 Å². The van der Waals surface area contributed by atoms with Crippen LogP contribution in [0.4, 0.5) is 0 Å². The minimum Gasteiger partial charge on any atom is -0.468 e. The van der Waals surface area contributed by atoms with E-state index in [1.54, 1.807) is 6.26 Å². The molecule has 1 aromatic rings. The predicted molar refractivity (Wildman–Crippen MR) is 71.1 cm³/mol. The highest BCUT2D eigenvalue weighted by Crippen LogP contribution is 2.26. The first kappa shape index (κ1) is 13.6. The fourth-order valence-corrected chi connectivity index (χ4v) is 3.84. The molecule has 1 aromatic heterocycles. The molecule has 102 valence electrons. The lowest BCUT2D eigenvalue weighted by Gasteiger charge is -2.30. The molecule has 0 spiro atoms. The number of hydrogen-bond acceptors (Lipinski definition) is 4. The molecule has 1 N–H and O–H groups in total. The second-order valence-electron chi connectivity index (χ2n) is 5.22. The first-order chi connectivity index (χ1) is 8.47. The SMILES string of the molecule is C[C@H](NC1CCCC(S(C)(=O)=O)C1)c1ccco1. The monoisotopic (exact) mass is 271 g/mol. The molecule has 2 unspecified atom stereocenters. The van der Waals surface area contributed by atoms with Crippen LogP contribution in [-0.4, -0.2) is 26.0 Å². The maximum Gasteiger partial charge on any atom is 0.150 e. The van der Waals surface area contributed by atoms with E-state index >= 15 is 0 Å². The molecular formula is C13H21NO3S. The van der Waals surface area contributed by atoms with Gasteiger partial charge >= 0.3 is 0 Å². The molecule has 4 nitrogen and oxygen atoms in total. The quantitative estimate of drug-likeness (QED) is 0.912. The Bertz CT molecular complexity index is 466. The predicted octanol–water partition coefficient (Wildman–Crippen LogP) is 2.29. The van der Waals surface area contributed by atoms with Gasteiger partial charge in [0.1, 0.15) is 15.6 Å². The van der Waals surface area contributed by atoms with Crippen LogP contribution < -0.4 is 5.32 Å². The summed E-state index contributed by atoms with van der Waals surface area (Å²) in [6.07, 6.45) is 6.52. The minimum absolute atomic E-state index is 0.128. The second-order valence-corrected chi connectivity index (χ2v) is 7.54. The highest BCUT2D eigenvalue weighted by Gasteiger charge is 2.29. The molecule has 1 heterocycles. The van der Waals surface area contributed by atoms with E-state index in [0.717, 1.165) is 25.0 Å². The van der Waals surface area contributed by atoms with Crippen LogP contribution in [0.25, 0.3) is 0 Å². The molecule has 1 aliphatic rings. The highest BCUT2D eigenvalue weighted by molar-refractivity contribution is 7.91. The van der Waals surface area contributed by atoms with Crippen molar-refractivity contribution >= 4 is 9.84 Å². The molecule has 18 heavy (non-hydrogen) atoms. The van der Waals surface area contributed by atoms with Crippen molar-refractivity contribution in [3.63, 3.8) is 0 Å². The Balaban J connectivity index is 1.94. The van der Waals surface area contributed by atoms with Crippen LogP contribution >= 0.6 is 0 Å². The molecule has 1 fully saturated rings. The largest absolute Gasteiger partial charge is 0.468 e. The molecule has 0 amide bonds. The van der Waals surface area contributed by atoms with Crippen LogP contribution in [0.1, 0.15) is 44.4 Å². The Morgan fingerprint density at radius 3 is 2.83 bits per heavy atom. The summed E-state index contributed by atoms with van der Waals surface area (Å²) in [7, 11) is -2.91. The summed E-state index contributed by atoms with van der Waals surface area (Å²) in [5.74, 6) is 0.900. The third kappa shape index (κ3) is 3.36. The molecule has 2 rings (SSSR count). The third-order valence-corrected chi connectivity index (χ3v) is 5.33. The number of nitrogens with one attached hydrogen (secondary N) is 1. The van der Waals surface area contributed by atoms with Crippen molar-refractivity contribution < 1.29 is 12.8 Å². The molecule has 5 heteroatoms. The third-order valence-electron chi connectivity index (χ3n) is 3.69. The summed E-state index contributed by atoms with van der Waals surface area (Å²) >= 11 is 0. The maximum atomic E-state index is 11.6. The van der Waals surface area contributed by atoms with E-state index in [1.165, 1.54) is 6.26 Å². The van der Waals surface area contributed by atoms with Crippen molar-refractivity contribution in [1.82, 2.24) is 5.32 Å². The first-order valence-corrected chi connectivity index (χ1v) is 8.40. The number of sulfone groups is 1. The molecule has 0 radical (unpaired) electrons. The Hall–Kier alpha value is -0.810. The maximum absolute atomic E-state index is 11.6. The van der Waals surface area contributed by atoms with Crippen LogP contribution in [0.3, 0.4) is 0 Å². The lowest BCUT2D eigenvalue weighted by molar-refractivity contribution is 0.323. The Morgan fingerprint density at radius 2 is 2.22 bits per heavy atom. The highest BCUT2D eigenvalue weighted by atomic mass is 32.2. The molecule has 1 aliphatic carbocycles. The van der Waals surface area contributed by atoms with Gasteiger partial charge in [-0.3, -0.25) is 0 Å². The fourth-order valence-electron chi connectivity index (χ4n) is 2.66. The molecule has 0 saturated heterocycles. The van der Waals surface area contributed by atoms with Gasteiger partial charge in [0.15, 0.2) is 0 Å². The minimum atomic E-state index is -2.91. The molecular weight excluding hydrogens is 250 g/mol. The number of rotatable bonds is 4. The number of hydrogen-bond donors (Lipinski definition) is 1. The summed E-state index contributed by atoms with van der Waals surface area (Å²) in [5.41, 5.74) is 0. The zero-order valence-electron chi connectivity index (χ0n) is 10.9. The summed E-state index contributed by atoms with van der Waals surface area (Å²) in [6, 6.07) is 4.20. The average Bonchev–Trinajstić information content (AvgIpc) is 2.81. The van der Waals surface area contributed by atoms with Gasteiger partial charge in [-0.1, -0.05) is 6.42 Å². The van der Waals surface area contributed by atoms with E-state index < -0.39 is 9.84 Å². The van der Waals surface area contributed by atoms with E-state index in [0.29, 0.717) is 6.42 Å². The standard InChI is InChI=1S/C13H21NO3S/c1-10(13-7-4-8-17-13)14-11-5-3-6-12(9-11)18(2,15)16/h4,7-8,10-12,14H,3,5-6,9H2,1-2H3/t10-,11?,12?/m0/s1. The van der Waals surface area contributed by atoms with Gasteiger partial charge in [-0.25, -0.2) is 8.42 Å². The summed E-state index contributed by atoms with van der Waals surface area (Å²) in [6.45, 7) is 2.04. The van der Waals surface area contributed by atoms with Crippen LogP contribution in [0.2, 0.25) is 0 Å². The second kappa shape index (κ2) is 5.45. The Morgan fingerprint density at radius 1 is 1.44 bits per heavy atom. The summed E-state index contributed by atoms with van der Waals surface area (Å²) in [5, 5.41) is 3.28. The van der Waals surface area contributed by atoms with Gasteiger partial charge in [-0.05, 0) is 38.3 Å². The van der Waals surface area contributed by atoms with Gasteiger partial charge in [-0.15, -0.1) is 0 Å². The van der Waals surface area contributed by atoms with Gasteiger partial charge in [0.2, 0.25) is 0 Å². The normalized spacial score (nSPS) is 27.0. The van der Waals surface area contributed by atoms with Crippen molar-refractivity contribution in [2.24, 2.45) is 0 Å². The van der Waals surface area contributed by atoms with Crippen molar-refractivity contribution in [2.75, 3.05) is 6.26 Å². The molecule has 0 aromatic carbocycles. The first-order valence-electron chi connectivity index (χ1n) is 6.45. The fraction of sp³-hybridized carbons (Fsp3) is 0.692. The lowest BCUT2D eigenvalue weighted by atomic mass is 9.94. The lowest BCUT2D eigenvalue weighted by Crippen LogP contribution is -2.39. The average molecular weight is 271 g/mol. The van der Waals surface area contributed by atoms with Gasteiger partial charge < -0.3 is 9.73 Å². The molecule has 3 atom stereocenters. The van der Waals surface area contributed by atoms with Crippen LogP contribution in [0.15, 0.2) is 22.8 Å².